The van der Waals surface area contributed by atoms with Gasteiger partial charge in [-0.05, 0) is 36.4 Å². The Bertz CT molecular complexity index is 716. The Labute approximate surface area is 118 Å². The van der Waals surface area contributed by atoms with E-state index in [1.54, 1.807) is 6.20 Å². The van der Waals surface area contributed by atoms with Gasteiger partial charge < -0.3 is 9.88 Å². The lowest BCUT2D eigenvalue weighted by atomic mass is 10.2. The summed E-state index contributed by atoms with van der Waals surface area (Å²) < 4.78 is 2.11. The Morgan fingerprint density at radius 1 is 1.25 bits per heavy atom. The van der Waals surface area contributed by atoms with Crippen molar-refractivity contribution in [2.24, 2.45) is 7.05 Å². The summed E-state index contributed by atoms with van der Waals surface area (Å²) in [6.07, 6.45) is 3.63. The number of imidazole rings is 1. The molecular formula is C16H18N4. The highest BCUT2D eigenvalue weighted by Gasteiger charge is 2.10. The van der Waals surface area contributed by atoms with E-state index in [0.717, 1.165) is 35.5 Å². The van der Waals surface area contributed by atoms with E-state index in [1.807, 2.05) is 25.4 Å². The maximum Gasteiger partial charge on any atom is 0.142 e. The van der Waals surface area contributed by atoms with Crippen molar-refractivity contribution in [1.29, 1.82) is 0 Å². The Hall–Kier alpha value is -2.20. The van der Waals surface area contributed by atoms with Gasteiger partial charge in [-0.2, -0.15) is 0 Å². The van der Waals surface area contributed by atoms with E-state index in [-0.39, 0.29) is 0 Å². The molecule has 0 bridgehead atoms. The molecule has 0 radical (unpaired) electrons. The molecule has 4 nitrogen and oxygen atoms in total. The zero-order valence-electron chi connectivity index (χ0n) is 11.8. The lowest BCUT2D eigenvalue weighted by molar-refractivity contribution is 0.727. The second kappa shape index (κ2) is 5.43. The molecule has 0 aliphatic carbocycles. The third kappa shape index (κ3) is 2.30. The number of benzene rings is 1. The fourth-order valence-electron chi connectivity index (χ4n) is 2.38. The maximum absolute atomic E-state index is 4.75. The molecule has 0 amide bonds. The average Bonchev–Trinajstić information content (AvgIpc) is 2.83. The minimum atomic E-state index is 0.880. The quantitative estimate of drug-likeness (QED) is 0.789. The van der Waals surface area contributed by atoms with Crippen molar-refractivity contribution in [3.63, 3.8) is 0 Å². The van der Waals surface area contributed by atoms with Crippen molar-refractivity contribution in [3.05, 3.63) is 48.3 Å². The lowest BCUT2D eigenvalue weighted by Crippen LogP contribution is -2.11. The van der Waals surface area contributed by atoms with Gasteiger partial charge in [0.05, 0.1) is 11.0 Å². The van der Waals surface area contributed by atoms with Crippen LogP contribution in [0.2, 0.25) is 0 Å². The first-order valence-corrected chi connectivity index (χ1v) is 6.86. The van der Waals surface area contributed by atoms with Crippen LogP contribution in [0.1, 0.15) is 12.5 Å². The molecule has 0 saturated heterocycles. The highest BCUT2D eigenvalue weighted by atomic mass is 15.1. The van der Waals surface area contributed by atoms with Crippen molar-refractivity contribution >= 4 is 11.0 Å². The molecule has 4 heteroatoms. The summed E-state index contributed by atoms with van der Waals surface area (Å²) >= 11 is 0. The van der Waals surface area contributed by atoms with Crippen LogP contribution in [0.25, 0.3) is 22.4 Å². The zero-order valence-corrected chi connectivity index (χ0v) is 11.8. The summed E-state index contributed by atoms with van der Waals surface area (Å²) in [4.78, 5) is 8.91. The van der Waals surface area contributed by atoms with Crippen LogP contribution < -0.4 is 5.32 Å². The van der Waals surface area contributed by atoms with Crippen molar-refractivity contribution in [3.8, 4) is 11.4 Å². The van der Waals surface area contributed by atoms with Crippen LogP contribution in [0.5, 0.6) is 0 Å². The molecular weight excluding hydrogens is 248 g/mol. The van der Waals surface area contributed by atoms with Crippen LogP contribution in [0.15, 0.2) is 42.7 Å². The molecule has 2 aromatic heterocycles. The number of hydrogen-bond donors (Lipinski definition) is 1. The van der Waals surface area contributed by atoms with Gasteiger partial charge in [-0.15, -0.1) is 0 Å². The third-order valence-electron chi connectivity index (χ3n) is 3.44. The van der Waals surface area contributed by atoms with Crippen LogP contribution in [-0.4, -0.2) is 21.1 Å². The number of rotatable bonds is 4. The lowest BCUT2D eigenvalue weighted by Gasteiger charge is -2.03. The smallest absolute Gasteiger partial charge is 0.142 e. The molecule has 3 aromatic rings. The van der Waals surface area contributed by atoms with Gasteiger partial charge in [0.15, 0.2) is 0 Å². The van der Waals surface area contributed by atoms with Gasteiger partial charge >= 0.3 is 0 Å². The van der Waals surface area contributed by atoms with Crippen LogP contribution in [0.4, 0.5) is 0 Å². The van der Waals surface area contributed by atoms with Crippen molar-refractivity contribution in [2.45, 2.75) is 13.5 Å². The molecule has 20 heavy (non-hydrogen) atoms. The van der Waals surface area contributed by atoms with Crippen LogP contribution in [0, 0.1) is 0 Å². The fraction of sp³-hybridized carbons (Fsp3) is 0.250. The van der Waals surface area contributed by atoms with Gasteiger partial charge in [0.25, 0.3) is 0 Å². The molecule has 0 aliphatic rings. The normalized spacial score (nSPS) is 11.1. The van der Waals surface area contributed by atoms with Crippen LogP contribution >= 0.6 is 0 Å². The molecule has 0 unspecified atom stereocenters. The van der Waals surface area contributed by atoms with Gasteiger partial charge in [-0.3, -0.25) is 4.98 Å². The number of aryl methyl sites for hydroxylation is 1. The first-order valence-electron chi connectivity index (χ1n) is 6.86. The number of pyridine rings is 1. The molecule has 1 N–H and O–H groups in total. The summed E-state index contributed by atoms with van der Waals surface area (Å²) in [6.45, 7) is 3.96. The van der Waals surface area contributed by atoms with Crippen LogP contribution in [-0.2, 0) is 13.6 Å². The predicted octanol–water partition coefficient (Wildman–Crippen LogP) is 2.74. The second-order valence-corrected chi connectivity index (χ2v) is 4.84. The van der Waals surface area contributed by atoms with Crippen molar-refractivity contribution in [2.75, 3.05) is 6.54 Å². The van der Waals surface area contributed by atoms with Gasteiger partial charge in [0.1, 0.15) is 5.82 Å². The molecule has 2 heterocycles. The number of fused-ring (bicyclic) bond motifs is 1. The van der Waals surface area contributed by atoms with Crippen molar-refractivity contribution in [1.82, 2.24) is 19.9 Å². The number of hydrogen-bond acceptors (Lipinski definition) is 3. The van der Waals surface area contributed by atoms with E-state index in [1.165, 1.54) is 5.56 Å². The molecule has 0 spiro atoms. The van der Waals surface area contributed by atoms with Gasteiger partial charge in [0.2, 0.25) is 0 Å². The molecule has 102 valence electrons. The standard InChI is InChI=1S/C16H18N4/c1-3-17-10-12-6-7-15-14(9-12)19-16(20(15)2)13-5-4-8-18-11-13/h4-9,11,17H,3,10H2,1-2H3. The monoisotopic (exact) mass is 266 g/mol. The Kier molecular flexibility index (Phi) is 3.48. The summed E-state index contributed by atoms with van der Waals surface area (Å²) in [5.41, 5.74) is 4.47. The predicted molar refractivity (Wildman–Crippen MR) is 81.3 cm³/mol. The van der Waals surface area contributed by atoms with E-state index >= 15 is 0 Å². The van der Waals surface area contributed by atoms with Gasteiger partial charge in [0, 0.05) is 31.5 Å². The summed E-state index contributed by atoms with van der Waals surface area (Å²) in [5.74, 6) is 0.953. The minimum Gasteiger partial charge on any atom is -0.327 e. The summed E-state index contributed by atoms with van der Waals surface area (Å²) in [5, 5.41) is 3.34. The topological polar surface area (TPSA) is 42.7 Å². The van der Waals surface area contributed by atoms with E-state index < -0.39 is 0 Å². The Morgan fingerprint density at radius 3 is 2.90 bits per heavy atom. The maximum atomic E-state index is 4.75. The van der Waals surface area contributed by atoms with Gasteiger partial charge in [-0.1, -0.05) is 13.0 Å². The largest absolute Gasteiger partial charge is 0.327 e. The number of aromatic nitrogens is 3. The first-order chi connectivity index (χ1) is 9.79. The zero-order chi connectivity index (χ0) is 13.9. The molecule has 3 rings (SSSR count). The molecule has 0 atom stereocenters. The number of nitrogens with one attached hydrogen (secondary N) is 1. The second-order valence-electron chi connectivity index (χ2n) is 4.84. The summed E-state index contributed by atoms with van der Waals surface area (Å²) in [7, 11) is 2.04. The SMILES string of the molecule is CCNCc1ccc2c(c1)nc(-c1cccnc1)n2C. The Morgan fingerprint density at radius 2 is 2.15 bits per heavy atom. The highest BCUT2D eigenvalue weighted by molar-refractivity contribution is 5.81. The van der Waals surface area contributed by atoms with E-state index in [2.05, 4.69) is 40.0 Å². The van der Waals surface area contributed by atoms with Crippen molar-refractivity contribution < 1.29 is 0 Å². The summed E-state index contributed by atoms with van der Waals surface area (Å²) in [6, 6.07) is 10.4. The van der Waals surface area contributed by atoms with Gasteiger partial charge in [-0.25, -0.2) is 4.98 Å². The number of nitrogens with zero attached hydrogens (tertiary/aromatic N) is 3. The van der Waals surface area contributed by atoms with E-state index in [0.29, 0.717) is 0 Å². The molecule has 1 aromatic carbocycles. The third-order valence-corrected chi connectivity index (χ3v) is 3.44. The minimum absolute atomic E-state index is 0.880. The van der Waals surface area contributed by atoms with E-state index in [9.17, 15) is 0 Å². The molecule has 0 fully saturated rings. The van der Waals surface area contributed by atoms with E-state index in [4.69, 9.17) is 4.98 Å². The highest BCUT2D eigenvalue weighted by Crippen LogP contribution is 2.23. The molecule has 0 saturated carbocycles. The first kappa shape index (κ1) is 12.8. The average molecular weight is 266 g/mol. The Balaban J connectivity index is 2.05. The fourth-order valence-corrected chi connectivity index (χ4v) is 2.38. The molecule has 0 aliphatic heterocycles. The van der Waals surface area contributed by atoms with Crippen LogP contribution in [0.3, 0.4) is 0 Å².